The van der Waals surface area contributed by atoms with Gasteiger partial charge in [0.15, 0.2) is 5.95 Å². The molecule has 0 atom stereocenters. The average Bonchev–Trinajstić information content (AvgIpc) is 2.78. The predicted octanol–water partition coefficient (Wildman–Crippen LogP) is 4.96. The third-order valence-corrected chi connectivity index (χ3v) is 4.86. The van der Waals surface area contributed by atoms with Crippen LogP contribution in [0.3, 0.4) is 0 Å². The minimum atomic E-state index is -0.770. The van der Waals surface area contributed by atoms with Crippen molar-refractivity contribution in [2.75, 3.05) is 18.6 Å². The van der Waals surface area contributed by atoms with Gasteiger partial charge in [-0.15, -0.1) is 0 Å². The second kappa shape index (κ2) is 12.2. The van der Waals surface area contributed by atoms with Crippen LogP contribution in [0, 0.1) is 29.5 Å². The number of nitriles is 1. The molecule has 0 aromatic heterocycles. The van der Waals surface area contributed by atoms with Crippen LogP contribution in [0.2, 0.25) is 0 Å². The van der Waals surface area contributed by atoms with E-state index in [0.29, 0.717) is 37.2 Å². The number of hydrogen-bond donors (Lipinski definition) is 2. The zero-order chi connectivity index (χ0) is 23.5. The van der Waals surface area contributed by atoms with Gasteiger partial charge in [0.2, 0.25) is 6.41 Å². The van der Waals surface area contributed by atoms with Crippen LogP contribution in [0.25, 0.3) is 0 Å². The largest absolute Gasteiger partial charge is 0.496 e. The van der Waals surface area contributed by atoms with Gasteiger partial charge in [-0.2, -0.15) is 9.65 Å². The number of amides is 1. The van der Waals surface area contributed by atoms with Crippen LogP contribution in [0.5, 0.6) is 5.75 Å². The first-order valence-electron chi connectivity index (χ1n) is 10.2. The molecule has 0 radical (unpaired) electrons. The molecule has 1 amide bonds. The number of carbonyl (C=O) groups is 1. The Morgan fingerprint density at radius 1 is 1.25 bits per heavy atom. The zero-order valence-electron chi connectivity index (χ0n) is 18.1. The highest BCUT2D eigenvalue weighted by molar-refractivity contribution is 6.09. The first-order valence-corrected chi connectivity index (χ1v) is 10.2. The summed E-state index contributed by atoms with van der Waals surface area (Å²) in [6, 6.07) is 10.5. The van der Waals surface area contributed by atoms with E-state index >= 15 is 4.39 Å². The van der Waals surface area contributed by atoms with E-state index in [1.807, 2.05) is 0 Å². The van der Waals surface area contributed by atoms with Gasteiger partial charge in [-0.3, -0.25) is 15.1 Å². The van der Waals surface area contributed by atoms with Crippen LogP contribution in [0.1, 0.15) is 42.4 Å². The average molecular weight is 440 g/mol. The predicted molar refractivity (Wildman–Crippen MR) is 120 cm³/mol. The molecule has 0 unspecified atom stereocenters. The van der Waals surface area contributed by atoms with E-state index in [2.05, 4.69) is 5.32 Å². The van der Waals surface area contributed by atoms with E-state index in [1.165, 1.54) is 25.3 Å². The Hall–Kier alpha value is -3.73. The molecular weight excluding hydrogens is 414 g/mol. The topological polar surface area (TPSA) is 89.2 Å². The molecule has 0 aliphatic heterocycles. The zero-order valence-corrected chi connectivity index (χ0v) is 18.1. The fourth-order valence-corrected chi connectivity index (χ4v) is 3.16. The molecule has 32 heavy (non-hydrogen) atoms. The summed E-state index contributed by atoms with van der Waals surface area (Å²) in [6.07, 6.45) is 4.78. The van der Waals surface area contributed by atoms with Crippen LogP contribution < -0.4 is 15.0 Å². The molecule has 2 rings (SSSR count). The van der Waals surface area contributed by atoms with Gasteiger partial charge in [-0.1, -0.05) is 6.42 Å². The molecule has 0 saturated heterocycles. The van der Waals surface area contributed by atoms with Crippen molar-refractivity contribution in [3.05, 3.63) is 70.9 Å². The Bertz CT molecular complexity index is 1030. The molecule has 0 fully saturated rings. The second-order valence-corrected chi connectivity index (χ2v) is 7.09. The molecule has 2 N–H and O–H groups in total. The number of unbranched alkanes of at least 4 members (excludes halogenated alkanes) is 3. The Kier molecular flexibility index (Phi) is 9.36. The molecule has 0 spiro atoms. The van der Waals surface area contributed by atoms with E-state index in [0.717, 1.165) is 29.4 Å². The summed E-state index contributed by atoms with van der Waals surface area (Å²) >= 11 is 0. The number of benzene rings is 2. The third-order valence-electron chi connectivity index (χ3n) is 4.86. The summed E-state index contributed by atoms with van der Waals surface area (Å²) in [7, 11) is 1.53. The first kappa shape index (κ1) is 24.5. The van der Waals surface area contributed by atoms with Gasteiger partial charge in [0, 0.05) is 12.1 Å². The van der Waals surface area contributed by atoms with Gasteiger partial charge in [-0.05, 0) is 74.2 Å². The fourth-order valence-electron chi connectivity index (χ4n) is 3.16. The highest BCUT2D eigenvalue weighted by Gasteiger charge is 2.21. The minimum Gasteiger partial charge on any atom is -0.496 e. The molecule has 6 nitrogen and oxygen atoms in total. The normalized spacial score (nSPS) is 10.9. The van der Waals surface area contributed by atoms with Crippen molar-refractivity contribution in [1.82, 2.24) is 5.32 Å². The third kappa shape index (κ3) is 6.38. The lowest BCUT2D eigenvalue weighted by atomic mass is 10.1. The highest BCUT2D eigenvalue weighted by atomic mass is 19.1. The second-order valence-electron chi connectivity index (χ2n) is 7.09. The molecule has 0 aliphatic rings. The standard InChI is InChI=1S/C24H26F2N4O2/c1-17-13-20(10-11-22(17)32-2)30(23(26)7-5-3-4-6-12-29-16-31)24(28)18-8-9-19(15-27)21(25)14-18/h7-11,13-14,16,28H,3-6,12H2,1-2H3,(H,29,31)/b23-7+,28-24?. The lowest BCUT2D eigenvalue weighted by Gasteiger charge is -2.24. The lowest BCUT2D eigenvalue weighted by Crippen LogP contribution is -2.29. The van der Waals surface area contributed by atoms with E-state index < -0.39 is 11.8 Å². The van der Waals surface area contributed by atoms with Crippen LogP contribution >= 0.6 is 0 Å². The summed E-state index contributed by atoms with van der Waals surface area (Å²) < 4.78 is 34.7. The summed E-state index contributed by atoms with van der Waals surface area (Å²) in [6.45, 7) is 2.38. The number of rotatable bonds is 11. The van der Waals surface area contributed by atoms with Crippen molar-refractivity contribution < 1.29 is 18.3 Å². The van der Waals surface area contributed by atoms with Crippen LogP contribution in [0.4, 0.5) is 14.5 Å². The van der Waals surface area contributed by atoms with E-state index in [4.69, 9.17) is 15.4 Å². The summed E-state index contributed by atoms with van der Waals surface area (Å²) in [5.41, 5.74) is 1.14. The number of nitrogens with zero attached hydrogens (tertiary/aromatic N) is 2. The van der Waals surface area contributed by atoms with E-state index in [-0.39, 0.29) is 17.0 Å². The number of methoxy groups -OCH3 is 1. The van der Waals surface area contributed by atoms with Gasteiger partial charge in [-0.25, -0.2) is 4.39 Å². The van der Waals surface area contributed by atoms with Crippen LogP contribution in [-0.2, 0) is 4.79 Å². The quantitative estimate of drug-likeness (QED) is 0.170. The van der Waals surface area contributed by atoms with Crippen molar-refractivity contribution in [3.63, 3.8) is 0 Å². The molecule has 0 aliphatic carbocycles. The number of halogens is 2. The van der Waals surface area contributed by atoms with Crippen molar-refractivity contribution in [2.45, 2.75) is 32.6 Å². The van der Waals surface area contributed by atoms with Crippen molar-refractivity contribution >= 4 is 17.9 Å². The molecule has 8 heteroatoms. The number of nitrogens with one attached hydrogen (secondary N) is 2. The number of allylic oxidation sites excluding steroid dienone is 1. The summed E-state index contributed by atoms with van der Waals surface area (Å²) in [5, 5.41) is 20.1. The molecule has 0 bridgehead atoms. The van der Waals surface area contributed by atoms with Crippen LogP contribution in [0.15, 0.2) is 48.4 Å². The van der Waals surface area contributed by atoms with Crippen LogP contribution in [-0.4, -0.2) is 25.9 Å². The van der Waals surface area contributed by atoms with Crippen molar-refractivity contribution in [2.24, 2.45) is 0 Å². The monoisotopic (exact) mass is 440 g/mol. The maximum atomic E-state index is 15.3. The summed E-state index contributed by atoms with van der Waals surface area (Å²) in [4.78, 5) is 11.4. The van der Waals surface area contributed by atoms with E-state index in [9.17, 15) is 9.18 Å². The van der Waals surface area contributed by atoms with Gasteiger partial charge in [0.25, 0.3) is 0 Å². The number of hydrogen-bond acceptors (Lipinski definition) is 4. The lowest BCUT2D eigenvalue weighted by molar-refractivity contribution is -0.109. The molecule has 0 saturated carbocycles. The van der Waals surface area contributed by atoms with Crippen molar-refractivity contribution in [3.8, 4) is 11.8 Å². The Morgan fingerprint density at radius 3 is 2.66 bits per heavy atom. The maximum Gasteiger partial charge on any atom is 0.207 e. The number of ether oxygens (including phenoxy) is 1. The molecule has 2 aromatic carbocycles. The molecule has 168 valence electrons. The number of anilines is 1. The summed E-state index contributed by atoms with van der Waals surface area (Å²) in [5.74, 6) is -1.07. The Morgan fingerprint density at radius 2 is 2.03 bits per heavy atom. The Labute approximate surface area is 186 Å². The van der Waals surface area contributed by atoms with Gasteiger partial charge in [0.05, 0.1) is 18.4 Å². The SMILES string of the molecule is COc1ccc(N(C(=N)c2ccc(C#N)c(F)c2)/C(F)=C/CCCCCNC=O)cc1C. The van der Waals surface area contributed by atoms with Gasteiger partial charge < -0.3 is 10.1 Å². The number of aryl methyl sites for hydroxylation is 1. The highest BCUT2D eigenvalue weighted by Crippen LogP contribution is 2.29. The number of amidine groups is 1. The first-order chi connectivity index (χ1) is 15.4. The van der Waals surface area contributed by atoms with Gasteiger partial charge >= 0.3 is 0 Å². The molecule has 2 aromatic rings. The van der Waals surface area contributed by atoms with Gasteiger partial charge in [0.1, 0.15) is 23.5 Å². The Balaban J connectivity index is 2.30. The van der Waals surface area contributed by atoms with E-state index in [1.54, 1.807) is 31.2 Å². The minimum absolute atomic E-state index is 0.137. The smallest absolute Gasteiger partial charge is 0.207 e. The number of carbonyl (C=O) groups excluding carboxylic acids is 1. The van der Waals surface area contributed by atoms with Crippen molar-refractivity contribution in [1.29, 1.82) is 10.7 Å². The maximum absolute atomic E-state index is 15.3. The fraction of sp³-hybridized carbons (Fsp3) is 0.292. The molecular formula is C24H26F2N4O2. The molecule has 0 heterocycles.